The molecule has 1 heterocycles. The number of nitrogens with zero attached hydrogens (tertiary/aromatic N) is 1. The third-order valence-corrected chi connectivity index (χ3v) is 5.68. The van der Waals surface area contributed by atoms with Gasteiger partial charge in [-0.25, -0.2) is 13.2 Å². The number of H-pyrrole nitrogens is 1. The zero-order valence-corrected chi connectivity index (χ0v) is 15.7. The van der Waals surface area contributed by atoms with Gasteiger partial charge in [-0.05, 0) is 42.5 Å². The summed E-state index contributed by atoms with van der Waals surface area (Å²) in [4.78, 5) is 37.4. The first-order valence-corrected chi connectivity index (χ1v) is 9.67. The number of carbonyl (C=O) groups is 1. The lowest BCUT2D eigenvalue weighted by Gasteiger charge is -2.09. The van der Waals surface area contributed by atoms with Crippen LogP contribution in [0, 0.1) is 0 Å². The fourth-order valence-electron chi connectivity index (χ4n) is 2.46. The highest BCUT2D eigenvalue weighted by Crippen LogP contribution is 2.18. The number of carboxylic acid groups (broad SMARTS) is 1. The Morgan fingerprint density at radius 3 is 2.46 bits per heavy atom. The van der Waals surface area contributed by atoms with E-state index < -0.39 is 27.2 Å². The third-order valence-electron chi connectivity index (χ3n) is 3.77. The smallest absolute Gasteiger partial charge is 0.343 e. The minimum atomic E-state index is -4.47. The van der Waals surface area contributed by atoms with Crippen LogP contribution in [0.4, 0.5) is 0 Å². The lowest BCUT2D eigenvalue weighted by Crippen LogP contribution is -2.39. The van der Waals surface area contributed by atoms with Crippen LogP contribution in [0.25, 0.3) is 10.9 Å². The summed E-state index contributed by atoms with van der Waals surface area (Å²) in [6.45, 7) is -0.0895. The number of hydrogen-bond donors (Lipinski definition) is 2. The Morgan fingerprint density at radius 1 is 1.14 bits per heavy atom. The van der Waals surface area contributed by atoms with Crippen LogP contribution in [0.15, 0.2) is 56.9 Å². The molecule has 0 saturated heterocycles. The van der Waals surface area contributed by atoms with Crippen LogP contribution >= 0.6 is 11.6 Å². The molecule has 3 rings (SSSR count). The Balaban J connectivity index is 2.01. The highest BCUT2D eigenvalue weighted by atomic mass is 35.5. The van der Waals surface area contributed by atoms with E-state index in [9.17, 15) is 22.8 Å². The number of aromatic nitrogens is 2. The average Bonchev–Trinajstić information content (AvgIpc) is 2.61. The van der Waals surface area contributed by atoms with Gasteiger partial charge < -0.3 is 14.8 Å². The number of carboxylic acids is 1. The van der Waals surface area contributed by atoms with E-state index in [0.29, 0.717) is 0 Å². The summed E-state index contributed by atoms with van der Waals surface area (Å²) in [5, 5.41) is 8.85. The minimum absolute atomic E-state index is 0.0128. The largest absolute Gasteiger partial charge is 0.493 e. The van der Waals surface area contributed by atoms with Gasteiger partial charge in [0.25, 0.3) is 15.6 Å². The molecule has 0 saturated carbocycles. The topological polar surface area (TPSA) is 136 Å². The Kier molecular flexibility index (Phi) is 5.25. The number of hydrogen-bond acceptors (Lipinski definition) is 6. The molecule has 9 nitrogen and oxygen atoms in total. The molecule has 2 N–H and O–H groups in total. The first kappa shape index (κ1) is 19.6. The van der Waals surface area contributed by atoms with E-state index in [-0.39, 0.29) is 43.6 Å². The van der Waals surface area contributed by atoms with Crippen molar-refractivity contribution >= 4 is 38.5 Å². The molecule has 0 fully saturated rings. The molecule has 0 aliphatic heterocycles. The molecular weight excluding hydrogens is 412 g/mol. The van der Waals surface area contributed by atoms with Crippen molar-refractivity contribution in [3.05, 3.63) is 68.3 Å². The first-order chi connectivity index (χ1) is 13.2. The van der Waals surface area contributed by atoms with Gasteiger partial charge in [-0.15, -0.1) is 3.97 Å². The number of aliphatic carboxylic acids is 1. The summed E-state index contributed by atoms with van der Waals surface area (Å²) in [5.74, 6) is -0.787. The van der Waals surface area contributed by atoms with E-state index in [2.05, 4.69) is 4.98 Å². The Morgan fingerprint density at radius 2 is 1.82 bits per heavy atom. The lowest BCUT2D eigenvalue weighted by molar-refractivity contribution is -0.137. The van der Waals surface area contributed by atoms with Crippen molar-refractivity contribution in [3.63, 3.8) is 0 Å². The molecular formula is C17H13ClN2O7S. The van der Waals surface area contributed by atoms with Gasteiger partial charge in [0, 0.05) is 5.02 Å². The second kappa shape index (κ2) is 7.49. The second-order valence-corrected chi connectivity index (χ2v) is 7.88. The van der Waals surface area contributed by atoms with Gasteiger partial charge in [-0.1, -0.05) is 11.6 Å². The average molecular weight is 425 g/mol. The fourth-order valence-corrected chi connectivity index (χ4v) is 3.91. The molecule has 0 aliphatic rings. The maximum absolute atomic E-state index is 12.8. The van der Waals surface area contributed by atoms with Gasteiger partial charge in [0.05, 0.1) is 28.8 Å². The summed E-state index contributed by atoms with van der Waals surface area (Å²) >= 11 is 5.82. The molecule has 146 valence electrons. The van der Waals surface area contributed by atoms with Crippen molar-refractivity contribution < 1.29 is 23.1 Å². The molecule has 28 heavy (non-hydrogen) atoms. The highest BCUT2D eigenvalue weighted by molar-refractivity contribution is 7.90. The normalized spacial score (nSPS) is 11.5. The van der Waals surface area contributed by atoms with Crippen LogP contribution in [0.5, 0.6) is 5.75 Å². The molecule has 0 radical (unpaired) electrons. The number of aromatic amines is 1. The van der Waals surface area contributed by atoms with Crippen molar-refractivity contribution in [2.75, 3.05) is 6.61 Å². The molecule has 1 aromatic heterocycles. The summed E-state index contributed by atoms with van der Waals surface area (Å²) in [6.07, 6.45) is -0.216. The van der Waals surface area contributed by atoms with E-state index in [1.54, 1.807) is 0 Å². The molecule has 0 atom stereocenters. The van der Waals surface area contributed by atoms with Gasteiger partial charge >= 0.3 is 11.7 Å². The molecule has 0 spiro atoms. The maximum Gasteiger partial charge on any atom is 0.343 e. The van der Waals surface area contributed by atoms with E-state index in [1.807, 2.05) is 0 Å². The van der Waals surface area contributed by atoms with Crippen molar-refractivity contribution in [2.24, 2.45) is 0 Å². The molecule has 11 heteroatoms. The SMILES string of the molecule is O=C(O)CCOc1ccc(S(=O)(=O)n2c(=O)[nH]c3cc(Cl)ccc3c2=O)cc1. The molecule has 0 aliphatic carbocycles. The summed E-state index contributed by atoms with van der Waals surface area (Å²) in [5.41, 5.74) is -2.00. The predicted octanol–water partition coefficient (Wildman–Crippen LogP) is 1.43. The first-order valence-electron chi connectivity index (χ1n) is 7.85. The van der Waals surface area contributed by atoms with Gasteiger partial charge in [0.1, 0.15) is 5.75 Å². The van der Waals surface area contributed by atoms with Crippen LogP contribution < -0.4 is 16.0 Å². The van der Waals surface area contributed by atoms with Crippen molar-refractivity contribution in [2.45, 2.75) is 11.3 Å². The summed E-state index contributed by atoms with van der Waals surface area (Å²) in [6, 6.07) is 8.99. The highest BCUT2D eigenvalue weighted by Gasteiger charge is 2.23. The zero-order valence-electron chi connectivity index (χ0n) is 14.1. The van der Waals surface area contributed by atoms with Gasteiger partial charge in [-0.2, -0.15) is 0 Å². The quantitative estimate of drug-likeness (QED) is 0.610. The van der Waals surface area contributed by atoms with Gasteiger partial charge in [-0.3, -0.25) is 9.59 Å². The molecule has 2 aromatic carbocycles. The number of rotatable bonds is 6. The minimum Gasteiger partial charge on any atom is -0.493 e. The van der Waals surface area contributed by atoms with Crippen molar-refractivity contribution in [1.29, 1.82) is 0 Å². The predicted molar refractivity (Wildman–Crippen MR) is 101 cm³/mol. The Labute approximate surface area is 162 Å². The van der Waals surface area contributed by atoms with E-state index in [0.717, 1.165) is 12.1 Å². The van der Waals surface area contributed by atoms with Crippen LogP contribution in [0.2, 0.25) is 5.02 Å². The van der Waals surface area contributed by atoms with E-state index in [4.69, 9.17) is 21.4 Å². The Hall–Kier alpha value is -3.11. The van der Waals surface area contributed by atoms with E-state index in [1.165, 1.54) is 30.3 Å². The van der Waals surface area contributed by atoms with E-state index >= 15 is 0 Å². The number of nitrogens with one attached hydrogen (secondary N) is 1. The van der Waals surface area contributed by atoms with Crippen LogP contribution in [-0.4, -0.2) is 35.1 Å². The van der Waals surface area contributed by atoms with Crippen LogP contribution in [0.1, 0.15) is 6.42 Å². The van der Waals surface area contributed by atoms with Crippen molar-refractivity contribution in [1.82, 2.24) is 8.96 Å². The van der Waals surface area contributed by atoms with Gasteiger partial charge in [0.2, 0.25) is 0 Å². The maximum atomic E-state index is 12.8. The van der Waals surface area contributed by atoms with Gasteiger partial charge in [0.15, 0.2) is 0 Å². The number of benzene rings is 2. The number of fused-ring (bicyclic) bond motifs is 1. The molecule has 0 amide bonds. The molecule has 3 aromatic rings. The molecule has 0 bridgehead atoms. The zero-order chi connectivity index (χ0) is 20.5. The third kappa shape index (κ3) is 3.78. The number of halogens is 1. The second-order valence-electron chi connectivity index (χ2n) is 5.66. The number of ether oxygens (including phenoxy) is 1. The fraction of sp³-hybridized carbons (Fsp3) is 0.118. The molecule has 0 unspecified atom stereocenters. The lowest BCUT2D eigenvalue weighted by atomic mass is 10.2. The van der Waals surface area contributed by atoms with Crippen LogP contribution in [-0.2, 0) is 14.8 Å². The van der Waals surface area contributed by atoms with Crippen LogP contribution in [0.3, 0.4) is 0 Å². The standard InChI is InChI=1S/C17H13ClN2O7S/c18-10-1-6-13-14(9-10)19-17(24)20(16(13)23)28(25,26)12-4-2-11(3-5-12)27-8-7-15(21)22/h1-6,9H,7-8H2,(H,19,24)(H,21,22). The summed E-state index contributed by atoms with van der Waals surface area (Å²) in [7, 11) is -4.47. The Bertz CT molecular complexity index is 1280. The summed E-state index contributed by atoms with van der Waals surface area (Å²) < 4.78 is 30.9. The van der Waals surface area contributed by atoms with Crippen molar-refractivity contribution in [3.8, 4) is 5.75 Å². The monoisotopic (exact) mass is 424 g/mol.